The van der Waals surface area contributed by atoms with Crippen LogP contribution >= 0.6 is 0 Å². The molecule has 3 N–H and O–H groups in total. The second-order valence-corrected chi connectivity index (χ2v) is 3.65. The summed E-state index contributed by atoms with van der Waals surface area (Å²) < 4.78 is 0. The van der Waals surface area contributed by atoms with Crippen molar-refractivity contribution in [1.82, 2.24) is 10.4 Å². The normalized spacial score (nSPS) is 10.5. The quantitative estimate of drug-likeness (QED) is 0.569. The smallest absolute Gasteiger partial charge is 0.275 e. The Bertz CT molecular complexity index is 626. The number of para-hydroxylation sites is 1. The molecule has 0 spiro atoms. The molecule has 0 radical (unpaired) electrons. The summed E-state index contributed by atoms with van der Waals surface area (Å²) in [7, 11) is 0. The fourth-order valence-electron chi connectivity index (χ4n) is 1.40. The number of benzene rings is 1. The van der Waals surface area contributed by atoms with Gasteiger partial charge in [-0.25, -0.2) is 5.43 Å². The molecule has 0 saturated carbocycles. The summed E-state index contributed by atoms with van der Waals surface area (Å²) in [5.74, 6) is -0.725. The van der Waals surface area contributed by atoms with Crippen molar-refractivity contribution in [3.05, 3.63) is 53.9 Å². The molecule has 1 aromatic heterocycles. The Morgan fingerprint density at radius 3 is 2.74 bits per heavy atom. The van der Waals surface area contributed by atoms with Crippen molar-refractivity contribution in [3.63, 3.8) is 0 Å². The lowest BCUT2D eigenvalue weighted by Gasteiger charge is -2.01. The van der Waals surface area contributed by atoms with E-state index in [1.165, 1.54) is 30.7 Å². The van der Waals surface area contributed by atoms with Gasteiger partial charge in [0, 0.05) is 11.8 Å². The number of pyridine rings is 1. The molecule has 19 heavy (non-hydrogen) atoms. The van der Waals surface area contributed by atoms with Crippen LogP contribution in [-0.4, -0.2) is 27.3 Å². The Labute approximate surface area is 109 Å². The summed E-state index contributed by atoms with van der Waals surface area (Å²) in [4.78, 5) is 15.3. The number of carbonyl (C=O) groups is 1. The second kappa shape index (κ2) is 5.63. The van der Waals surface area contributed by atoms with Crippen LogP contribution in [0.2, 0.25) is 0 Å². The fourth-order valence-corrected chi connectivity index (χ4v) is 1.40. The monoisotopic (exact) mass is 257 g/mol. The SMILES string of the molecule is O=C(NN=Cc1ccccc1O)c1ccncc1O. The van der Waals surface area contributed by atoms with E-state index in [2.05, 4.69) is 15.5 Å². The maximum Gasteiger partial charge on any atom is 0.275 e. The summed E-state index contributed by atoms with van der Waals surface area (Å²) in [6, 6.07) is 7.95. The average Bonchev–Trinajstić information content (AvgIpc) is 2.41. The van der Waals surface area contributed by atoms with Gasteiger partial charge in [0.2, 0.25) is 0 Å². The third-order valence-corrected chi connectivity index (χ3v) is 2.35. The van der Waals surface area contributed by atoms with Crippen molar-refractivity contribution in [2.24, 2.45) is 5.10 Å². The van der Waals surface area contributed by atoms with Crippen LogP contribution in [0.4, 0.5) is 0 Å². The highest BCUT2D eigenvalue weighted by atomic mass is 16.3. The first-order valence-corrected chi connectivity index (χ1v) is 5.43. The summed E-state index contributed by atoms with van der Waals surface area (Å²) in [5.41, 5.74) is 2.79. The molecule has 2 rings (SSSR count). The first-order valence-electron chi connectivity index (χ1n) is 5.43. The molecule has 2 aromatic rings. The molecule has 0 aliphatic rings. The number of amides is 1. The highest BCUT2D eigenvalue weighted by molar-refractivity contribution is 5.97. The molecule has 96 valence electrons. The van der Waals surface area contributed by atoms with E-state index in [1.54, 1.807) is 18.2 Å². The van der Waals surface area contributed by atoms with Gasteiger partial charge in [-0.2, -0.15) is 5.10 Å². The summed E-state index contributed by atoms with van der Waals surface area (Å²) in [6.07, 6.45) is 3.87. The molecule has 0 aliphatic heterocycles. The fraction of sp³-hybridized carbons (Fsp3) is 0. The summed E-state index contributed by atoms with van der Waals surface area (Å²) in [5, 5.41) is 22.6. The van der Waals surface area contributed by atoms with E-state index >= 15 is 0 Å². The Balaban J connectivity index is 2.06. The van der Waals surface area contributed by atoms with Gasteiger partial charge in [0.05, 0.1) is 18.0 Å². The third-order valence-electron chi connectivity index (χ3n) is 2.35. The van der Waals surface area contributed by atoms with Gasteiger partial charge < -0.3 is 10.2 Å². The van der Waals surface area contributed by atoms with E-state index in [0.717, 1.165) is 0 Å². The number of hydrogen-bond acceptors (Lipinski definition) is 5. The molecule has 0 aliphatic carbocycles. The van der Waals surface area contributed by atoms with Crippen LogP contribution in [0, 0.1) is 0 Å². The molecule has 1 heterocycles. The molecule has 0 fully saturated rings. The van der Waals surface area contributed by atoms with Crippen molar-refractivity contribution in [2.75, 3.05) is 0 Å². The molecule has 1 amide bonds. The van der Waals surface area contributed by atoms with Gasteiger partial charge in [-0.15, -0.1) is 0 Å². The highest BCUT2D eigenvalue weighted by Gasteiger charge is 2.09. The molecule has 6 nitrogen and oxygen atoms in total. The standard InChI is InChI=1S/C13H11N3O3/c17-11-4-2-1-3-9(11)7-15-16-13(19)10-5-6-14-8-12(10)18/h1-8,17-18H,(H,16,19). The van der Waals surface area contributed by atoms with Gasteiger partial charge in [-0.05, 0) is 18.2 Å². The van der Waals surface area contributed by atoms with E-state index in [9.17, 15) is 15.0 Å². The maximum atomic E-state index is 11.7. The van der Waals surface area contributed by atoms with Gasteiger partial charge in [0.25, 0.3) is 5.91 Å². The van der Waals surface area contributed by atoms with E-state index in [1.807, 2.05) is 0 Å². The number of rotatable bonds is 3. The minimum atomic E-state index is -0.563. The molecule has 0 atom stereocenters. The van der Waals surface area contributed by atoms with Crippen LogP contribution in [0.1, 0.15) is 15.9 Å². The van der Waals surface area contributed by atoms with Gasteiger partial charge >= 0.3 is 0 Å². The lowest BCUT2D eigenvalue weighted by Crippen LogP contribution is -2.17. The molecular weight excluding hydrogens is 246 g/mol. The van der Waals surface area contributed by atoms with Crippen molar-refractivity contribution >= 4 is 12.1 Å². The van der Waals surface area contributed by atoms with Crippen LogP contribution in [-0.2, 0) is 0 Å². The van der Waals surface area contributed by atoms with E-state index < -0.39 is 5.91 Å². The maximum absolute atomic E-state index is 11.7. The molecule has 1 aromatic carbocycles. The number of nitrogens with one attached hydrogen (secondary N) is 1. The Hall–Kier alpha value is -2.89. The second-order valence-electron chi connectivity index (χ2n) is 3.65. The largest absolute Gasteiger partial charge is 0.507 e. The van der Waals surface area contributed by atoms with Gasteiger partial charge in [0.15, 0.2) is 0 Å². The minimum absolute atomic E-state index is 0.0623. The van der Waals surface area contributed by atoms with Gasteiger partial charge in [-0.3, -0.25) is 9.78 Å². The zero-order valence-corrected chi connectivity index (χ0v) is 9.82. The molecule has 0 saturated heterocycles. The highest BCUT2D eigenvalue weighted by Crippen LogP contribution is 2.14. The Morgan fingerprint density at radius 1 is 1.21 bits per heavy atom. The average molecular weight is 257 g/mol. The van der Waals surface area contributed by atoms with Crippen LogP contribution in [0.15, 0.2) is 47.8 Å². The number of phenols is 1. The van der Waals surface area contributed by atoms with Crippen molar-refractivity contribution in [1.29, 1.82) is 0 Å². The lowest BCUT2D eigenvalue weighted by atomic mass is 10.2. The number of aromatic hydroxyl groups is 2. The molecular formula is C13H11N3O3. The number of hydrazone groups is 1. The van der Waals surface area contributed by atoms with Crippen molar-refractivity contribution in [3.8, 4) is 11.5 Å². The first kappa shape index (κ1) is 12.6. The lowest BCUT2D eigenvalue weighted by molar-refractivity contribution is 0.0952. The minimum Gasteiger partial charge on any atom is -0.507 e. The van der Waals surface area contributed by atoms with E-state index in [-0.39, 0.29) is 17.1 Å². The Morgan fingerprint density at radius 2 is 2.00 bits per heavy atom. The van der Waals surface area contributed by atoms with E-state index in [4.69, 9.17) is 0 Å². The van der Waals surface area contributed by atoms with Crippen molar-refractivity contribution in [2.45, 2.75) is 0 Å². The first-order chi connectivity index (χ1) is 9.18. The van der Waals surface area contributed by atoms with Crippen molar-refractivity contribution < 1.29 is 15.0 Å². The number of aromatic nitrogens is 1. The third kappa shape index (κ3) is 3.06. The molecule has 0 unspecified atom stereocenters. The number of hydrogen-bond donors (Lipinski definition) is 3. The zero-order chi connectivity index (χ0) is 13.7. The predicted molar refractivity (Wildman–Crippen MR) is 69.1 cm³/mol. The van der Waals surface area contributed by atoms with Gasteiger partial charge in [0.1, 0.15) is 11.5 Å². The molecule has 6 heteroatoms. The molecule has 0 bridgehead atoms. The summed E-state index contributed by atoms with van der Waals surface area (Å²) in [6.45, 7) is 0. The Kier molecular flexibility index (Phi) is 3.72. The summed E-state index contributed by atoms with van der Waals surface area (Å²) >= 11 is 0. The van der Waals surface area contributed by atoms with Crippen LogP contribution in [0.5, 0.6) is 11.5 Å². The number of phenolic OH excluding ortho intramolecular Hbond substituents is 1. The predicted octanol–water partition coefficient (Wildman–Crippen LogP) is 1.26. The zero-order valence-electron chi connectivity index (χ0n) is 9.82. The topological polar surface area (TPSA) is 94.8 Å². The number of carbonyl (C=O) groups excluding carboxylic acids is 1. The van der Waals surface area contributed by atoms with Gasteiger partial charge in [-0.1, -0.05) is 12.1 Å². The van der Waals surface area contributed by atoms with Crippen LogP contribution in [0.25, 0.3) is 0 Å². The number of nitrogens with zero attached hydrogens (tertiary/aromatic N) is 2. The van der Waals surface area contributed by atoms with Crippen LogP contribution in [0.3, 0.4) is 0 Å². The van der Waals surface area contributed by atoms with Crippen LogP contribution < -0.4 is 5.43 Å². The van der Waals surface area contributed by atoms with E-state index in [0.29, 0.717) is 5.56 Å².